The second-order valence-corrected chi connectivity index (χ2v) is 7.74. The zero-order valence-corrected chi connectivity index (χ0v) is 18.8. The van der Waals surface area contributed by atoms with Crippen LogP contribution in [0.5, 0.6) is 0 Å². The number of hydrogen-bond acceptors (Lipinski definition) is 5. The van der Waals surface area contributed by atoms with E-state index in [-0.39, 0.29) is 12.3 Å². The number of nitrogens with zero attached hydrogens (tertiary/aromatic N) is 4. The fourth-order valence-electron chi connectivity index (χ4n) is 3.49. The molecule has 0 fully saturated rings. The molecular weight excluding hydrogens is 390 g/mol. The van der Waals surface area contributed by atoms with Crippen LogP contribution < -0.4 is 5.32 Å². The number of carbonyl (C=O) groups is 1. The van der Waals surface area contributed by atoms with Crippen LogP contribution in [-0.4, -0.2) is 45.4 Å². The van der Waals surface area contributed by atoms with Gasteiger partial charge < -0.3 is 10.1 Å². The molecule has 3 rings (SSSR count). The number of rotatable bonds is 10. The van der Waals surface area contributed by atoms with E-state index in [4.69, 9.17) is 4.74 Å². The number of aromatic nitrogens is 4. The van der Waals surface area contributed by atoms with Gasteiger partial charge in [0.05, 0.1) is 18.7 Å². The minimum Gasteiger partial charge on any atom is -0.381 e. The van der Waals surface area contributed by atoms with Crippen molar-refractivity contribution in [2.75, 3.05) is 19.8 Å². The SMILES string of the molecule is Cc1cc(C)nc(-n2nc(C)c(CC(=O)NCCCOCCc3ccccc3)c2C)n1. The first-order chi connectivity index (χ1) is 14.9. The Morgan fingerprint density at radius 2 is 1.74 bits per heavy atom. The quantitative estimate of drug-likeness (QED) is 0.509. The Hall–Kier alpha value is -3.06. The lowest BCUT2D eigenvalue weighted by atomic mass is 10.1. The highest BCUT2D eigenvalue weighted by molar-refractivity contribution is 5.79. The molecule has 2 aromatic heterocycles. The highest BCUT2D eigenvalue weighted by atomic mass is 16.5. The molecule has 0 saturated carbocycles. The second-order valence-electron chi connectivity index (χ2n) is 7.74. The van der Waals surface area contributed by atoms with Crippen molar-refractivity contribution in [3.05, 3.63) is 70.3 Å². The van der Waals surface area contributed by atoms with Gasteiger partial charge in [0.15, 0.2) is 0 Å². The summed E-state index contributed by atoms with van der Waals surface area (Å²) in [5.41, 5.74) is 5.68. The average molecular weight is 422 g/mol. The van der Waals surface area contributed by atoms with Gasteiger partial charge in [-0.05, 0) is 52.2 Å². The molecule has 7 heteroatoms. The van der Waals surface area contributed by atoms with Gasteiger partial charge in [0.2, 0.25) is 5.91 Å². The van der Waals surface area contributed by atoms with Crippen molar-refractivity contribution in [2.24, 2.45) is 0 Å². The van der Waals surface area contributed by atoms with E-state index >= 15 is 0 Å². The summed E-state index contributed by atoms with van der Waals surface area (Å²) in [5, 5.41) is 7.54. The van der Waals surface area contributed by atoms with Crippen LogP contribution in [0.25, 0.3) is 5.95 Å². The number of ether oxygens (including phenoxy) is 1. The molecule has 0 bridgehead atoms. The van der Waals surface area contributed by atoms with E-state index in [1.807, 2.05) is 52.0 Å². The number of benzene rings is 1. The summed E-state index contributed by atoms with van der Waals surface area (Å²) in [7, 11) is 0. The van der Waals surface area contributed by atoms with Crippen LogP contribution in [0.1, 0.15) is 40.3 Å². The Bertz CT molecular complexity index is 994. The molecule has 2 heterocycles. The van der Waals surface area contributed by atoms with Crippen LogP contribution in [-0.2, 0) is 22.4 Å². The largest absolute Gasteiger partial charge is 0.381 e. The van der Waals surface area contributed by atoms with Gasteiger partial charge in [0, 0.05) is 35.8 Å². The van der Waals surface area contributed by atoms with Gasteiger partial charge >= 0.3 is 0 Å². The molecule has 0 unspecified atom stereocenters. The molecular formula is C24H31N5O2. The Labute approximate surface area is 183 Å². The average Bonchev–Trinajstić information content (AvgIpc) is 3.01. The predicted octanol–water partition coefficient (Wildman–Crippen LogP) is 3.20. The van der Waals surface area contributed by atoms with Crippen molar-refractivity contribution in [1.82, 2.24) is 25.1 Å². The summed E-state index contributed by atoms with van der Waals surface area (Å²) in [5.74, 6) is 0.522. The van der Waals surface area contributed by atoms with E-state index in [0.29, 0.717) is 25.7 Å². The molecule has 164 valence electrons. The minimum atomic E-state index is -0.0172. The Morgan fingerprint density at radius 1 is 1.03 bits per heavy atom. The van der Waals surface area contributed by atoms with Crippen LogP contribution in [0.3, 0.4) is 0 Å². The molecule has 0 radical (unpaired) electrons. The highest BCUT2D eigenvalue weighted by Gasteiger charge is 2.17. The van der Waals surface area contributed by atoms with E-state index in [2.05, 4.69) is 32.5 Å². The summed E-state index contributed by atoms with van der Waals surface area (Å²) in [4.78, 5) is 21.4. The van der Waals surface area contributed by atoms with Crippen LogP contribution in [0, 0.1) is 27.7 Å². The number of carbonyl (C=O) groups excluding carboxylic acids is 1. The normalized spacial score (nSPS) is 11.0. The molecule has 0 aliphatic carbocycles. The topological polar surface area (TPSA) is 81.9 Å². The van der Waals surface area contributed by atoms with Gasteiger partial charge in [-0.3, -0.25) is 4.79 Å². The van der Waals surface area contributed by atoms with Crippen molar-refractivity contribution >= 4 is 5.91 Å². The maximum absolute atomic E-state index is 12.4. The third-order valence-corrected chi connectivity index (χ3v) is 5.10. The lowest BCUT2D eigenvalue weighted by Gasteiger charge is -2.08. The van der Waals surface area contributed by atoms with Gasteiger partial charge in [-0.2, -0.15) is 5.10 Å². The third kappa shape index (κ3) is 6.46. The van der Waals surface area contributed by atoms with Crippen LogP contribution in [0.4, 0.5) is 0 Å². The number of amides is 1. The van der Waals surface area contributed by atoms with Crippen molar-refractivity contribution in [3.63, 3.8) is 0 Å². The lowest BCUT2D eigenvalue weighted by molar-refractivity contribution is -0.120. The van der Waals surface area contributed by atoms with Crippen LogP contribution in [0.2, 0.25) is 0 Å². The van der Waals surface area contributed by atoms with Crippen LogP contribution in [0.15, 0.2) is 36.4 Å². The Kier molecular flexibility index (Phi) is 7.89. The second kappa shape index (κ2) is 10.8. The number of aryl methyl sites for hydroxylation is 3. The first-order valence-electron chi connectivity index (χ1n) is 10.7. The summed E-state index contributed by atoms with van der Waals surface area (Å²) in [6.45, 7) is 9.65. The van der Waals surface area contributed by atoms with E-state index in [1.54, 1.807) is 4.68 Å². The molecule has 7 nitrogen and oxygen atoms in total. The fraction of sp³-hybridized carbons (Fsp3) is 0.417. The van der Waals surface area contributed by atoms with E-state index in [1.165, 1.54) is 5.56 Å². The summed E-state index contributed by atoms with van der Waals surface area (Å²) >= 11 is 0. The first kappa shape index (κ1) is 22.6. The smallest absolute Gasteiger partial charge is 0.251 e. The summed E-state index contributed by atoms with van der Waals surface area (Å²) in [6.07, 6.45) is 1.98. The highest BCUT2D eigenvalue weighted by Crippen LogP contribution is 2.17. The van der Waals surface area contributed by atoms with Crippen molar-refractivity contribution in [2.45, 2.75) is 47.0 Å². The van der Waals surface area contributed by atoms with Gasteiger partial charge in [0.1, 0.15) is 0 Å². The first-order valence-corrected chi connectivity index (χ1v) is 10.7. The molecule has 0 spiro atoms. The molecule has 0 aliphatic rings. The van der Waals surface area contributed by atoms with Gasteiger partial charge in [-0.1, -0.05) is 30.3 Å². The van der Waals surface area contributed by atoms with Gasteiger partial charge in [0.25, 0.3) is 5.95 Å². The monoisotopic (exact) mass is 421 g/mol. The number of hydrogen-bond donors (Lipinski definition) is 1. The maximum atomic E-state index is 12.4. The van der Waals surface area contributed by atoms with E-state index in [0.717, 1.165) is 41.2 Å². The van der Waals surface area contributed by atoms with Crippen molar-refractivity contribution < 1.29 is 9.53 Å². The summed E-state index contributed by atoms with van der Waals surface area (Å²) < 4.78 is 7.39. The molecule has 1 amide bonds. The molecule has 3 aromatic rings. The van der Waals surface area contributed by atoms with E-state index in [9.17, 15) is 4.79 Å². The molecule has 0 aliphatic heterocycles. The van der Waals surface area contributed by atoms with Crippen molar-refractivity contribution in [1.29, 1.82) is 0 Å². The standard InChI is InChI=1S/C24H31N5O2/c1-17-15-18(2)27-24(26-17)29-20(4)22(19(3)28-29)16-23(30)25-12-8-13-31-14-11-21-9-6-5-7-10-21/h5-7,9-10,15H,8,11-14,16H2,1-4H3,(H,25,30). The van der Waals surface area contributed by atoms with Crippen molar-refractivity contribution in [3.8, 4) is 5.95 Å². The zero-order chi connectivity index (χ0) is 22.2. The van der Waals surface area contributed by atoms with Crippen LogP contribution >= 0.6 is 0 Å². The summed E-state index contributed by atoms with van der Waals surface area (Å²) in [6, 6.07) is 12.2. The molecule has 1 aromatic carbocycles. The Balaban J connectivity index is 1.43. The molecule has 0 atom stereocenters. The predicted molar refractivity (Wildman–Crippen MR) is 120 cm³/mol. The fourth-order valence-corrected chi connectivity index (χ4v) is 3.49. The zero-order valence-electron chi connectivity index (χ0n) is 18.8. The van der Waals surface area contributed by atoms with Gasteiger partial charge in [-0.25, -0.2) is 14.6 Å². The van der Waals surface area contributed by atoms with E-state index < -0.39 is 0 Å². The molecule has 31 heavy (non-hydrogen) atoms. The number of nitrogens with one attached hydrogen (secondary N) is 1. The Morgan fingerprint density at radius 3 is 2.45 bits per heavy atom. The minimum absolute atomic E-state index is 0.0172. The molecule has 0 saturated heterocycles. The lowest BCUT2D eigenvalue weighted by Crippen LogP contribution is -2.27. The molecule has 1 N–H and O–H groups in total. The third-order valence-electron chi connectivity index (χ3n) is 5.10. The van der Waals surface area contributed by atoms with Gasteiger partial charge in [-0.15, -0.1) is 0 Å². The maximum Gasteiger partial charge on any atom is 0.251 e.